The summed E-state index contributed by atoms with van der Waals surface area (Å²) in [6.07, 6.45) is -0.912. The van der Waals surface area contributed by atoms with Crippen molar-refractivity contribution in [2.24, 2.45) is 0 Å². The van der Waals surface area contributed by atoms with E-state index in [9.17, 15) is 9.59 Å². The minimum Gasteiger partial charge on any atom is -0.449 e. The standard InChI is InChI=1S/C20H19NO4.H2S/c1-12-19(18(22)11-24-12)21-20(23)25-10-17-15-8-4-2-6-13(15)14-7-3-5-9-16(14)17;/h2-9,12,17,19H,10-11H2,1H3,(H,21,23);1H2/t12-,19+;/m1./s1. The maximum Gasteiger partial charge on any atom is 0.407 e. The molecule has 6 heteroatoms. The van der Waals surface area contributed by atoms with E-state index < -0.39 is 12.1 Å². The van der Waals surface area contributed by atoms with Crippen molar-refractivity contribution in [2.75, 3.05) is 13.2 Å². The molecule has 4 rings (SSSR count). The summed E-state index contributed by atoms with van der Waals surface area (Å²) in [7, 11) is 0. The maximum atomic E-state index is 12.1. The fourth-order valence-corrected chi connectivity index (χ4v) is 3.63. The van der Waals surface area contributed by atoms with Crippen molar-refractivity contribution in [1.29, 1.82) is 0 Å². The second-order valence-electron chi connectivity index (χ2n) is 6.43. The molecule has 5 nitrogen and oxygen atoms in total. The van der Waals surface area contributed by atoms with Gasteiger partial charge in [0.2, 0.25) is 0 Å². The summed E-state index contributed by atoms with van der Waals surface area (Å²) in [5, 5.41) is 2.61. The van der Waals surface area contributed by atoms with Gasteiger partial charge in [0.1, 0.15) is 19.3 Å². The molecule has 0 aromatic heterocycles. The van der Waals surface area contributed by atoms with Crippen LogP contribution in [0.2, 0.25) is 0 Å². The van der Waals surface area contributed by atoms with Crippen molar-refractivity contribution in [3.63, 3.8) is 0 Å². The number of carbonyl (C=O) groups is 2. The van der Waals surface area contributed by atoms with E-state index in [1.165, 1.54) is 11.1 Å². The summed E-state index contributed by atoms with van der Waals surface area (Å²) in [5.74, 6) is -0.118. The summed E-state index contributed by atoms with van der Waals surface area (Å²) in [6, 6.07) is 15.7. The number of ketones is 1. The van der Waals surface area contributed by atoms with Gasteiger partial charge < -0.3 is 14.8 Å². The van der Waals surface area contributed by atoms with Crippen LogP contribution in [-0.4, -0.2) is 37.2 Å². The molecule has 136 valence electrons. The summed E-state index contributed by atoms with van der Waals surface area (Å²) in [6.45, 7) is 2.03. The Morgan fingerprint density at radius 2 is 1.69 bits per heavy atom. The van der Waals surface area contributed by atoms with E-state index in [-0.39, 0.29) is 44.5 Å². The highest BCUT2D eigenvalue weighted by Crippen LogP contribution is 2.44. The summed E-state index contributed by atoms with van der Waals surface area (Å²) < 4.78 is 10.7. The third kappa shape index (κ3) is 3.22. The minimum atomic E-state index is -0.629. The van der Waals surface area contributed by atoms with Crippen LogP contribution in [0.4, 0.5) is 4.79 Å². The van der Waals surface area contributed by atoms with Gasteiger partial charge in [-0.3, -0.25) is 4.79 Å². The number of hydrogen-bond donors (Lipinski definition) is 1. The molecule has 1 amide bonds. The third-order valence-electron chi connectivity index (χ3n) is 4.92. The van der Waals surface area contributed by atoms with Gasteiger partial charge >= 0.3 is 6.09 Å². The van der Waals surface area contributed by atoms with E-state index in [0.29, 0.717) is 0 Å². The van der Waals surface area contributed by atoms with Gasteiger partial charge in [-0.15, -0.1) is 0 Å². The molecule has 0 saturated carbocycles. The van der Waals surface area contributed by atoms with Crippen LogP contribution in [0, 0.1) is 0 Å². The lowest BCUT2D eigenvalue weighted by atomic mass is 9.98. The molecule has 0 spiro atoms. The van der Waals surface area contributed by atoms with Crippen LogP contribution >= 0.6 is 13.5 Å². The Balaban J connectivity index is 0.00000196. The molecular weight excluding hydrogens is 350 g/mol. The van der Waals surface area contributed by atoms with E-state index >= 15 is 0 Å². The molecule has 1 aliphatic heterocycles. The van der Waals surface area contributed by atoms with Crippen LogP contribution in [0.5, 0.6) is 0 Å². The number of nitrogens with one attached hydrogen (secondary N) is 1. The van der Waals surface area contributed by atoms with E-state index in [4.69, 9.17) is 9.47 Å². The zero-order valence-electron chi connectivity index (χ0n) is 14.4. The molecule has 1 saturated heterocycles. The summed E-state index contributed by atoms with van der Waals surface area (Å²) in [4.78, 5) is 23.8. The number of benzene rings is 2. The SMILES string of the molecule is C[C@H]1OCC(=O)[C@H]1NC(=O)OCC1c2ccccc2-c2ccccc21.S. The molecule has 0 unspecified atom stereocenters. The molecule has 1 fully saturated rings. The molecule has 26 heavy (non-hydrogen) atoms. The van der Waals surface area contributed by atoms with Crippen LogP contribution in [0.15, 0.2) is 48.5 Å². The minimum absolute atomic E-state index is 0. The zero-order valence-corrected chi connectivity index (χ0v) is 15.4. The number of alkyl carbamates (subject to hydrolysis) is 1. The van der Waals surface area contributed by atoms with Gasteiger partial charge in [-0.05, 0) is 29.2 Å². The van der Waals surface area contributed by atoms with Gasteiger partial charge in [-0.1, -0.05) is 48.5 Å². The van der Waals surface area contributed by atoms with E-state index in [1.54, 1.807) is 6.92 Å². The summed E-state index contributed by atoms with van der Waals surface area (Å²) in [5.41, 5.74) is 4.68. The lowest BCUT2D eigenvalue weighted by Crippen LogP contribution is -2.44. The van der Waals surface area contributed by atoms with Crippen molar-refractivity contribution in [3.05, 3.63) is 59.7 Å². The predicted molar refractivity (Wildman–Crippen MR) is 103 cm³/mol. The Morgan fingerprint density at radius 1 is 1.12 bits per heavy atom. The van der Waals surface area contributed by atoms with Crippen molar-refractivity contribution in [2.45, 2.75) is 25.0 Å². The first-order valence-electron chi connectivity index (χ1n) is 8.41. The van der Waals surface area contributed by atoms with Crippen molar-refractivity contribution in [3.8, 4) is 11.1 Å². The lowest BCUT2D eigenvalue weighted by Gasteiger charge is -2.17. The molecule has 1 N–H and O–H groups in total. The Labute approximate surface area is 159 Å². The van der Waals surface area contributed by atoms with Crippen molar-refractivity contribution in [1.82, 2.24) is 5.32 Å². The molecule has 0 radical (unpaired) electrons. The Hall–Kier alpha value is -2.31. The van der Waals surface area contributed by atoms with Gasteiger partial charge in [0, 0.05) is 5.92 Å². The van der Waals surface area contributed by atoms with Gasteiger partial charge in [-0.2, -0.15) is 13.5 Å². The highest BCUT2D eigenvalue weighted by Gasteiger charge is 2.35. The molecule has 1 aliphatic carbocycles. The first-order valence-corrected chi connectivity index (χ1v) is 8.41. The number of Topliss-reactive ketones (excluding diaryl/α,β-unsaturated/α-hetero) is 1. The molecule has 0 bridgehead atoms. The monoisotopic (exact) mass is 371 g/mol. The number of ether oxygens (including phenoxy) is 2. The van der Waals surface area contributed by atoms with Crippen LogP contribution in [0.1, 0.15) is 24.0 Å². The molecule has 2 aliphatic rings. The van der Waals surface area contributed by atoms with E-state index in [2.05, 4.69) is 29.6 Å². The Kier molecular flexibility index (Phi) is 5.34. The zero-order chi connectivity index (χ0) is 17.4. The molecule has 2 aromatic rings. The number of amides is 1. The number of fused-ring (bicyclic) bond motifs is 3. The topological polar surface area (TPSA) is 64.6 Å². The van der Waals surface area contributed by atoms with Gasteiger partial charge in [0.05, 0.1) is 6.10 Å². The predicted octanol–water partition coefficient (Wildman–Crippen LogP) is 2.99. The van der Waals surface area contributed by atoms with Crippen molar-refractivity contribution < 1.29 is 19.1 Å². The number of rotatable bonds is 3. The smallest absolute Gasteiger partial charge is 0.407 e. The Bertz CT molecular complexity index is 793. The third-order valence-corrected chi connectivity index (χ3v) is 4.92. The highest BCUT2D eigenvalue weighted by atomic mass is 32.1. The maximum absolute atomic E-state index is 12.1. The Morgan fingerprint density at radius 3 is 2.23 bits per heavy atom. The van der Waals surface area contributed by atoms with Crippen LogP contribution in [0.3, 0.4) is 0 Å². The number of hydrogen-bond acceptors (Lipinski definition) is 4. The fourth-order valence-electron chi connectivity index (χ4n) is 3.63. The fraction of sp³-hybridized carbons (Fsp3) is 0.300. The van der Waals surface area contributed by atoms with Crippen LogP contribution in [-0.2, 0) is 14.3 Å². The molecule has 2 aromatic carbocycles. The highest BCUT2D eigenvalue weighted by molar-refractivity contribution is 7.59. The molecule has 1 heterocycles. The second kappa shape index (κ2) is 7.51. The van der Waals surface area contributed by atoms with Gasteiger partial charge in [0.15, 0.2) is 5.78 Å². The largest absolute Gasteiger partial charge is 0.449 e. The van der Waals surface area contributed by atoms with E-state index in [1.807, 2.05) is 24.3 Å². The van der Waals surface area contributed by atoms with Crippen LogP contribution < -0.4 is 5.32 Å². The first-order chi connectivity index (χ1) is 12.1. The molecule has 2 atom stereocenters. The number of carbonyl (C=O) groups excluding carboxylic acids is 2. The van der Waals surface area contributed by atoms with Gasteiger partial charge in [0.25, 0.3) is 0 Å². The summed E-state index contributed by atoms with van der Waals surface area (Å²) >= 11 is 0. The average Bonchev–Trinajstić information content (AvgIpc) is 3.12. The normalized spacial score (nSPS) is 20.9. The van der Waals surface area contributed by atoms with E-state index in [0.717, 1.165) is 11.1 Å². The molecular formula is C20H21NO4S. The second-order valence-corrected chi connectivity index (χ2v) is 6.43. The van der Waals surface area contributed by atoms with Gasteiger partial charge in [-0.25, -0.2) is 4.79 Å². The van der Waals surface area contributed by atoms with Crippen molar-refractivity contribution >= 4 is 25.4 Å². The quantitative estimate of drug-likeness (QED) is 0.901. The first kappa shape index (κ1) is 18.5. The lowest BCUT2D eigenvalue weighted by molar-refractivity contribution is -0.119. The average molecular weight is 371 g/mol. The van der Waals surface area contributed by atoms with Crippen LogP contribution in [0.25, 0.3) is 11.1 Å².